The number of oxazole rings is 1. The lowest BCUT2D eigenvalue weighted by atomic mass is 9.99. The highest BCUT2D eigenvalue weighted by molar-refractivity contribution is 5.92. The summed E-state index contributed by atoms with van der Waals surface area (Å²) in [6, 6.07) is 6.23. The lowest BCUT2D eigenvalue weighted by molar-refractivity contribution is 0.0730. The Kier molecular flexibility index (Phi) is 3.75. The number of hydrogen-bond acceptors (Lipinski definition) is 4. The maximum absolute atomic E-state index is 13.3. The van der Waals surface area contributed by atoms with Gasteiger partial charge in [0.2, 0.25) is 5.76 Å². The van der Waals surface area contributed by atoms with E-state index in [0.717, 1.165) is 12.8 Å². The van der Waals surface area contributed by atoms with Crippen LogP contribution in [0.5, 0.6) is 5.75 Å². The van der Waals surface area contributed by atoms with Gasteiger partial charge < -0.3 is 14.1 Å². The number of likely N-dealkylation sites (tertiary alicyclic amines) is 1. The van der Waals surface area contributed by atoms with E-state index in [0.29, 0.717) is 36.2 Å². The van der Waals surface area contributed by atoms with Crippen LogP contribution in [-0.4, -0.2) is 35.0 Å². The largest absolute Gasteiger partial charge is 0.490 e. The summed E-state index contributed by atoms with van der Waals surface area (Å²) >= 11 is 0. The average Bonchev–Trinajstić information content (AvgIpc) is 3.24. The predicted octanol–water partition coefficient (Wildman–Crippen LogP) is 3.05. The van der Waals surface area contributed by atoms with E-state index < -0.39 is 0 Å². The normalized spacial score (nSPS) is 25.8. The van der Waals surface area contributed by atoms with Crippen LogP contribution in [0.15, 0.2) is 35.1 Å². The third-order valence-corrected chi connectivity index (χ3v) is 5.10. The van der Waals surface area contributed by atoms with Crippen molar-refractivity contribution in [3.05, 3.63) is 47.9 Å². The second-order valence-corrected chi connectivity index (χ2v) is 6.59. The molecule has 0 bridgehead atoms. The van der Waals surface area contributed by atoms with Gasteiger partial charge in [-0.3, -0.25) is 4.79 Å². The van der Waals surface area contributed by atoms with Crippen molar-refractivity contribution in [2.24, 2.45) is 11.8 Å². The number of rotatable bonds is 3. The maximum Gasteiger partial charge on any atom is 0.291 e. The van der Waals surface area contributed by atoms with Gasteiger partial charge >= 0.3 is 0 Å². The maximum atomic E-state index is 13.3. The van der Waals surface area contributed by atoms with Gasteiger partial charge in [-0.15, -0.1) is 0 Å². The number of aromatic nitrogens is 1. The van der Waals surface area contributed by atoms with Crippen LogP contribution in [0.3, 0.4) is 0 Å². The molecule has 1 aromatic heterocycles. The first-order valence-corrected chi connectivity index (χ1v) is 8.23. The van der Waals surface area contributed by atoms with E-state index in [1.54, 1.807) is 19.1 Å². The molecule has 24 heavy (non-hydrogen) atoms. The highest BCUT2D eigenvalue weighted by atomic mass is 19.1. The van der Waals surface area contributed by atoms with Crippen LogP contribution in [0.2, 0.25) is 0 Å². The van der Waals surface area contributed by atoms with Gasteiger partial charge in [0.25, 0.3) is 5.91 Å². The molecule has 1 aliphatic carbocycles. The van der Waals surface area contributed by atoms with Crippen molar-refractivity contribution in [2.45, 2.75) is 25.9 Å². The van der Waals surface area contributed by atoms with Gasteiger partial charge in [-0.1, -0.05) is 6.07 Å². The highest BCUT2D eigenvalue weighted by Crippen LogP contribution is 2.40. The fourth-order valence-electron chi connectivity index (χ4n) is 3.89. The molecule has 3 atom stereocenters. The zero-order chi connectivity index (χ0) is 16.7. The smallest absolute Gasteiger partial charge is 0.291 e. The molecular weight excluding hydrogens is 311 g/mol. The first kappa shape index (κ1) is 15.2. The molecule has 0 spiro atoms. The second-order valence-electron chi connectivity index (χ2n) is 6.59. The number of halogens is 1. The van der Waals surface area contributed by atoms with E-state index >= 15 is 0 Å². The number of aryl methyl sites for hydroxylation is 1. The van der Waals surface area contributed by atoms with Crippen LogP contribution in [-0.2, 0) is 0 Å². The predicted molar refractivity (Wildman–Crippen MR) is 84.2 cm³/mol. The van der Waals surface area contributed by atoms with E-state index in [2.05, 4.69) is 4.98 Å². The molecule has 4 rings (SSSR count). The molecule has 1 saturated heterocycles. The summed E-state index contributed by atoms with van der Waals surface area (Å²) in [7, 11) is 0. The Morgan fingerprint density at radius 2 is 2.25 bits per heavy atom. The molecule has 6 heteroatoms. The minimum absolute atomic E-state index is 0.0189. The minimum Gasteiger partial charge on any atom is -0.490 e. The SMILES string of the molecule is Cc1ncoc1C(=O)N1C[C@@H]2CC[C@H](Oc3cccc(F)c3)[C@@H]2C1. The van der Waals surface area contributed by atoms with Gasteiger partial charge in [-0.05, 0) is 37.8 Å². The van der Waals surface area contributed by atoms with E-state index in [9.17, 15) is 9.18 Å². The van der Waals surface area contributed by atoms with Crippen molar-refractivity contribution < 1.29 is 18.3 Å². The summed E-state index contributed by atoms with van der Waals surface area (Å²) in [5.74, 6) is 1.17. The molecule has 2 heterocycles. The summed E-state index contributed by atoms with van der Waals surface area (Å²) in [6.07, 6.45) is 3.28. The fraction of sp³-hybridized carbons (Fsp3) is 0.444. The molecule has 5 nitrogen and oxygen atoms in total. The number of nitrogens with zero attached hydrogens (tertiary/aromatic N) is 2. The van der Waals surface area contributed by atoms with E-state index in [1.807, 2.05) is 4.90 Å². The molecule has 1 amide bonds. The molecule has 126 valence electrons. The molecule has 1 saturated carbocycles. The summed E-state index contributed by atoms with van der Waals surface area (Å²) in [5.41, 5.74) is 0.615. The Bertz CT molecular complexity index is 760. The van der Waals surface area contributed by atoms with Crippen LogP contribution >= 0.6 is 0 Å². The Balaban J connectivity index is 1.45. The number of carbonyl (C=O) groups excluding carboxylic acids is 1. The van der Waals surface area contributed by atoms with Crippen LogP contribution < -0.4 is 4.74 Å². The number of carbonyl (C=O) groups is 1. The summed E-state index contributed by atoms with van der Waals surface area (Å²) in [5, 5.41) is 0. The van der Waals surface area contributed by atoms with Crippen molar-refractivity contribution in [1.82, 2.24) is 9.88 Å². The monoisotopic (exact) mass is 330 g/mol. The summed E-state index contributed by atoms with van der Waals surface area (Å²) in [4.78, 5) is 18.4. The van der Waals surface area contributed by atoms with Gasteiger partial charge in [0.15, 0.2) is 6.39 Å². The number of benzene rings is 1. The van der Waals surface area contributed by atoms with Crippen LogP contribution in [0, 0.1) is 24.6 Å². The van der Waals surface area contributed by atoms with Crippen molar-refractivity contribution >= 4 is 5.91 Å². The van der Waals surface area contributed by atoms with Crippen molar-refractivity contribution in [3.63, 3.8) is 0 Å². The minimum atomic E-state index is -0.300. The quantitative estimate of drug-likeness (QED) is 0.868. The van der Waals surface area contributed by atoms with Gasteiger partial charge in [0.05, 0.1) is 5.69 Å². The Morgan fingerprint density at radius 1 is 1.38 bits per heavy atom. The second kappa shape index (κ2) is 5.92. The molecule has 0 radical (unpaired) electrons. The Labute approximate surface area is 139 Å². The standard InChI is InChI=1S/C18H19FN2O3/c1-11-17(23-10-20-11)18(22)21-8-12-5-6-16(15(12)9-21)24-14-4-2-3-13(19)7-14/h2-4,7,10,12,15-16H,5-6,8-9H2,1H3/t12-,15+,16-/m0/s1. The van der Waals surface area contributed by atoms with Gasteiger partial charge in [0.1, 0.15) is 17.7 Å². The van der Waals surface area contributed by atoms with E-state index in [-0.39, 0.29) is 23.7 Å². The van der Waals surface area contributed by atoms with Crippen molar-refractivity contribution in [2.75, 3.05) is 13.1 Å². The molecule has 2 aliphatic rings. The van der Waals surface area contributed by atoms with Crippen LogP contribution in [0.1, 0.15) is 29.1 Å². The van der Waals surface area contributed by atoms with Crippen molar-refractivity contribution in [1.29, 1.82) is 0 Å². The first-order valence-electron chi connectivity index (χ1n) is 8.23. The van der Waals surface area contributed by atoms with Crippen molar-refractivity contribution in [3.8, 4) is 5.75 Å². The molecular formula is C18H19FN2O3. The third kappa shape index (κ3) is 2.66. The number of amides is 1. The average molecular weight is 330 g/mol. The first-order chi connectivity index (χ1) is 11.6. The molecule has 1 aromatic carbocycles. The van der Waals surface area contributed by atoms with Gasteiger partial charge in [-0.25, -0.2) is 9.37 Å². The number of hydrogen-bond donors (Lipinski definition) is 0. The van der Waals surface area contributed by atoms with Crippen LogP contribution in [0.25, 0.3) is 0 Å². The topological polar surface area (TPSA) is 55.6 Å². The molecule has 0 unspecified atom stereocenters. The highest BCUT2D eigenvalue weighted by Gasteiger charge is 2.46. The van der Waals surface area contributed by atoms with E-state index in [1.165, 1.54) is 18.5 Å². The lowest BCUT2D eigenvalue weighted by Crippen LogP contribution is -2.32. The van der Waals surface area contributed by atoms with Gasteiger partial charge in [-0.2, -0.15) is 0 Å². The zero-order valence-corrected chi connectivity index (χ0v) is 13.4. The molecule has 1 aliphatic heterocycles. The number of ether oxygens (including phenoxy) is 1. The Hall–Kier alpha value is -2.37. The lowest BCUT2D eigenvalue weighted by Gasteiger charge is -2.21. The van der Waals surface area contributed by atoms with E-state index in [4.69, 9.17) is 9.15 Å². The number of fused-ring (bicyclic) bond motifs is 1. The summed E-state index contributed by atoms with van der Waals surface area (Å²) in [6.45, 7) is 3.12. The van der Waals surface area contributed by atoms with Gasteiger partial charge in [0, 0.05) is 25.1 Å². The fourth-order valence-corrected chi connectivity index (χ4v) is 3.89. The summed E-state index contributed by atoms with van der Waals surface area (Å²) < 4.78 is 24.5. The molecule has 2 fully saturated rings. The molecule has 0 N–H and O–H groups in total. The Morgan fingerprint density at radius 3 is 3.00 bits per heavy atom. The van der Waals surface area contributed by atoms with Crippen LogP contribution in [0.4, 0.5) is 4.39 Å². The molecule has 2 aromatic rings. The third-order valence-electron chi connectivity index (χ3n) is 5.10. The zero-order valence-electron chi connectivity index (χ0n) is 13.4.